The van der Waals surface area contributed by atoms with E-state index in [1.807, 2.05) is 23.1 Å². The Morgan fingerprint density at radius 1 is 1.03 bits per heavy atom. The van der Waals surface area contributed by atoms with E-state index in [0.29, 0.717) is 12.2 Å². The summed E-state index contributed by atoms with van der Waals surface area (Å²) in [7, 11) is 1.75. The lowest BCUT2D eigenvalue weighted by Gasteiger charge is -2.36. The number of hydrogen-bond acceptors (Lipinski definition) is 4. The quantitative estimate of drug-likeness (QED) is 0.216. The Labute approximate surface area is 210 Å². The SMILES string of the molecule is CN=C(NCCCCN1CCN(c2cccc(C(F)(F)F)c2)CC1)NCc1ccccn1.I. The zero-order valence-electron chi connectivity index (χ0n) is 18.8. The summed E-state index contributed by atoms with van der Waals surface area (Å²) in [6, 6.07) is 11.4. The molecule has 0 spiro atoms. The van der Waals surface area contributed by atoms with Gasteiger partial charge in [0.25, 0.3) is 0 Å². The van der Waals surface area contributed by atoms with Gasteiger partial charge < -0.3 is 15.5 Å². The summed E-state index contributed by atoms with van der Waals surface area (Å²) in [4.78, 5) is 12.9. The van der Waals surface area contributed by atoms with Gasteiger partial charge in [-0.3, -0.25) is 14.9 Å². The molecule has 2 heterocycles. The van der Waals surface area contributed by atoms with Gasteiger partial charge in [0.1, 0.15) is 0 Å². The average Bonchev–Trinajstić information content (AvgIpc) is 2.81. The summed E-state index contributed by atoms with van der Waals surface area (Å²) in [6.07, 6.45) is -0.471. The van der Waals surface area contributed by atoms with Crippen LogP contribution in [0.3, 0.4) is 0 Å². The normalized spacial score (nSPS) is 15.2. The number of alkyl halides is 3. The number of nitrogens with one attached hydrogen (secondary N) is 2. The van der Waals surface area contributed by atoms with Crippen molar-refractivity contribution in [1.82, 2.24) is 20.5 Å². The van der Waals surface area contributed by atoms with Crippen molar-refractivity contribution in [3.05, 3.63) is 59.9 Å². The highest BCUT2D eigenvalue weighted by Gasteiger charge is 2.31. The molecule has 0 aliphatic carbocycles. The van der Waals surface area contributed by atoms with Gasteiger partial charge in [0, 0.05) is 51.7 Å². The Morgan fingerprint density at radius 3 is 2.48 bits per heavy atom. The van der Waals surface area contributed by atoms with Crippen LogP contribution in [-0.4, -0.2) is 62.2 Å². The molecule has 2 aromatic rings. The van der Waals surface area contributed by atoms with Crippen LogP contribution in [0.2, 0.25) is 0 Å². The fraction of sp³-hybridized carbons (Fsp3) is 0.478. The molecule has 0 atom stereocenters. The van der Waals surface area contributed by atoms with Crippen molar-refractivity contribution in [3.63, 3.8) is 0 Å². The number of pyridine rings is 1. The van der Waals surface area contributed by atoms with Gasteiger partial charge in [0.15, 0.2) is 5.96 Å². The van der Waals surface area contributed by atoms with Gasteiger partial charge in [-0.15, -0.1) is 24.0 Å². The van der Waals surface area contributed by atoms with Gasteiger partial charge in [-0.25, -0.2) is 0 Å². The largest absolute Gasteiger partial charge is 0.416 e. The monoisotopic (exact) mass is 576 g/mol. The molecular weight excluding hydrogens is 544 g/mol. The number of benzene rings is 1. The van der Waals surface area contributed by atoms with Gasteiger partial charge in [0.2, 0.25) is 0 Å². The first-order valence-corrected chi connectivity index (χ1v) is 10.9. The van der Waals surface area contributed by atoms with Crippen molar-refractivity contribution in [1.29, 1.82) is 0 Å². The Morgan fingerprint density at radius 2 is 1.82 bits per heavy atom. The highest BCUT2D eigenvalue weighted by atomic mass is 127. The minimum absolute atomic E-state index is 0. The highest BCUT2D eigenvalue weighted by Crippen LogP contribution is 2.31. The van der Waals surface area contributed by atoms with E-state index in [4.69, 9.17) is 0 Å². The summed E-state index contributed by atoms with van der Waals surface area (Å²) in [5, 5.41) is 6.57. The molecule has 182 valence electrons. The Balaban J connectivity index is 0.00000385. The second-order valence-corrected chi connectivity index (χ2v) is 7.76. The number of piperazine rings is 1. The molecule has 33 heavy (non-hydrogen) atoms. The fourth-order valence-electron chi connectivity index (χ4n) is 3.67. The summed E-state index contributed by atoms with van der Waals surface area (Å²) in [5.74, 6) is 0.755. The van der Waals surface area contributed by atoms with Gasteiger partial charge in [-0.1, -0.05) is 12.1 Å². The van der Waals surface area contributed by atoms with Gasteiger partial charge >= 0.3 is 6.18 Å². The predicted octanol–water partition coefficient (Wildman–Crippen LogP) is 3.99. The van der Waals surface area contributed by atoms with Crippen LogP contribution in [0.1, 0.15) is 24.1 Å². The molecule has 10 heteroatoms. The van der Waals surface area contributed by atoms with E-state index in [1.54, 1.807) is 19.3 Å². The number of anilines is 1. The highest BCUT2D eigenvalue weighted by molar-refractivity contribution is 14.0. The van der Waals surface area contributed by atoms with Crippen LogP contribution in [0.15, 0.2) is 53.7 Å². The summed E-state index contributed by atoms with van der Waals surface area (Å²) < 4.78 is 38.8. The predicted molar refractivity (Wildman–Crippen MR) is 137 cm³/mol. The number of aromatic nitrogens is 1. The second-order valence-electron chi connectivity index (χ2n) is 7.76. The van der Waals surface area contributed by atoms with E-state index < -0.39 is 11.7 Å². The number of unbranched alkanes of at least 4 members (excludes halogenated alkanes) is 1. The molecule has 1 fully saturated rings. The number of aliphatic imine (C=N–C) groups is 1. The molecular formula is C23H32F3IN6. The Bertz CT molecular complexity index is 855. The molecule has 6 nitrogen and oxygen atoms in total. The second kappa shape index (κ2) is 13.6. The van der Waals surface area contributed by atoms with Crippen LogP contribution < -0.4 is 15.5 Å². The topological polar surface area (TPSA) is 55.8 Å². The van der Waals surface area contributed by atoms with Crippen LogP contribution in [0.4, 0.5) is 18.9 Å². The number of nitrogens with zero attached hydrogens (tertiary/aromatic N) is 4. The molecule has 1 saturated heterocycles. The lowest BCUT2D eigenvalue weighted by molar-refractivity contribution is -0.137. The third kappa shape index (κ3) is 9.00. The van der Waals surface area contributed by atoms with Crippen molar-refractivity contribution in [2.45, 2.75) is 25.6 Å². The maximum atomic E-state index is 12.9. The van der Waals surface area contributed by atoms with Crippen molar-refractivity contribution in [2.75, 3.05) is 51.2 Å². The van der Waals surface area contributed by atoms with Gasteiger partial charge in [-0.2, -0.15) is 13.2 Å². The third-order valence-electron chi connectivity index (χ3n) is 5.49. The molecule has 2 N–H and O–H groups in total. The summed E-state index contributed by atoms with van der Waals surface area (Å²) in [6.45, 7) is 5.63. The zero-order valence-corrected chi connectivity index (χ0v) is 21.1. The first-order chi connectivity index (χ1) is 15.5. The minimum atomic E-state index is -4.30. The number of rotatable bonds is 8. The van der Waals surface area contributed by atoms with Crippen LogP contribution >= 0.6 is 24.0 Å². The minimum Gasteiger partial charge on any atom is -0.369 e. The maximum absolute atomic E-state index is 12.9. The van der Waals surface area contributed by atoms with Crippen molar-refractivity contribution < 1.29 is 13.2 Å². The van der Waals surface area contributed by atoms with Crippen LogP contribution in [-0.2, 0) is 12.7 Å². The van der Waals surface area contributed by atoms with Crippen LogP contribution in [0.25, 0.3) is 0 Å². The maximum Gasteiger partial charge on any atom is 0.416 e. The van der Waals surface area contributed by atoms with E-state index in [0.717, 1.165) is 69.8 Å². The first-order valence-electron chi connectivity index (χ1n) is 10.9. The smallest absolute Gasteiger partial charge is 0.369 e. The first kappa shape index (κ1) is 27.2. The molecule has 0 amide bonds. The molecule has 3 rings (SSSR count). The molecule has 1 aromatic heterocycles. The summed E-state index contributed by atoms with van der Waals surface area (Å²) >= 11 is 0. The molecule has 1 aromatic carbocycles. The molecule has 0 unspecified atom stereocenters. The van der Waals surface area contributed by atoms with E-state index in [2.05, 4.69) is 25.5 Å². The molecule has 0 radical (unpaired) electrons. The van der Waals surface area contributed by atoms with Gasteiger partial charge in [0.05, 0.1) is 17.8 Å². The Hall–Kier alpha value is -2.08. The van der Waals surface area contributed by atoms with Crippen molar-refractivity contribution in [3.8, 4) is 0 Å². The number of hydrogen-bond donors (Lipinski definition) is 2. The van der Waals surface area contributed by atoms with E-state index in [9.17, 15) is 13.2 Å². The molecule has 0 saturated carbocycles. The van der Waals surface area contributed by atoms with E-state index >= 15 is 0 Å². The molecule has 0 bridgehead atoms. The third-order valence-corrected chi connectivity index (χ3v) is 5.49. The van der Waals surface area contributed by atoms with Crippen molar-refractivity contribution >= 4 is 35.6 Å². The standard InChI is InChI=1S/C23H31F3N6.HI/c1-27-22(30-18-20-8-2-3-10-28-20)29-11-4-5-12-31-13-15-32(16-14-31)21-9-6-7-19(17-21)23(24,25)26;/h2-3,6-10,17H,4-5,11-16,18H2,1H3,(H2,27,29,30);1H. The zero-order chi connectivity index (χ0) is 22.8. The van der Waals surface area contributed by atoms with E-state index in [1.165, 1.54) is 12.1 Å². The lowest BCUT2D eigenvalue weighted by atomic mass is 10.1. The Kier molecular flexibility index (Phi) is 11.2. The average molecular weight is 576 g/mol. The van der Waals surface area contributed by atoms with Crippen molar-refractivity contribution in [2.24, 2.45) is 4.99 Å². The van der Waals surface area contributed by atoms with E-state index in [-0.39, 0.29) is 24.0 Å². The number of guanidine groups is 1. The fourth-order valence-corrected chi connectivity index (χ4v) is 3.67. The van der Waals surface area contributed by atoms with Gasteiger partial charge in [-0.05, 0) is 49.7 Å². The van der Waals surface area contributed by atoms with Crippen LogP contribution in [0, 0.1) is 0 Å². The van der Waals surface area contributed by atoms with Crippen LogP contribution in [0.5, 0.6) is 0 Å². The lowest BCUT2D eigenvalue weighted by Crippen LogP contribution is -2.46. The number of halogens is 4. The molecule has 1 aliphatic rings. The summed E-state index contributed by atoms with van der Waals surface area (Å²) in [5.41, 5.74) is 1.02. The molecule has 1 aliphatic heterocycles.